The van der Waals surface area contributed by atoms with Gasteiger partial charge in [0.2, 0.25) is 0 Å². The maximum atomic E-state index is 12.6. The Morgan fingerprint density at radius 2 is 1.93 bits per heavy atom. The number of aromatic nitrogens is 2. The molecular weight excluding hydrogens is 368 g/mol. The number of unbranched alkanes of at least 4 members (excludes halogenated alkanes) is 1. The predicted molar refractivity (Wildman–Crippen MR) is 119 cm³/mol. The lowest BCUT2D eigenvalue weighted by Gasteiger charge is -2.27. The summed E-state index contributed by atoms with van der Waals surface area (Å²) in [6.45, 7) is 10.4. The van der Waals surface area contributed by atoms with Crippen molar-refractivity contribution in [1.82, 2.24) is 9.55 Å². The number of nitrogen functional groups attached to an aromatic ring is 1. The third-order valence-corrected chi connectivity index (χ3v) is 4.95. The zero-order chi connectivity index (χ0) is 21.4. The van der Waals surface area contributed by atoms with Crippen molar-refractivity contribution >= 4 is 11.5 Å². The summed E-state index contributed by atoms with van der Waals surface area (Å²) >= 11 is 0. The van der Waals surface area contributed by atoms with E-state index in [-0.39, 0.29) is 5.82 Å². The van der Waals surface area contributed by atoms with Crippen LogP contribution in [0.1, 0.15) is 45.6 Å². The maximum absolute atomic E-state index is 12.6. The van der Waals surface area contributed by atoms with Gasteiger partial charge in [0.05, 0.1) is 6.54 Å². The monoisotopic (exact) mass is 402 g/mol. The molecule has 0 saturated carbocycles. The summed E-state index contributed by atoms with van der Waals surface area (Å²) in [5, 5.41) is 0. The fourth-order valence-electron chi connectivity index (χ4n) is 3.15. The Bertz CT molecular complexity index is 902. The Labute approximate surface area is 172 Å². The van der Waals surface area contributed by atoms with Crippen LogP contribution in [0.15, 0.2) is 33.9 Å². The molecule has 0 bridgehead atoms. The van der Waals surface area contributed by atoms with Crippen LogP contribution in [-0.4, -0.2) is 29.2 Å². The van der Waals surface area contributed by atoms with E-state index >= 15 is 0 Å². The average Bonchev–Trinajstić information content (AvgIpc) is 2.66. The van der Waals surface area contributed by atoms with Crippen LogP contribution in [0.3, 0.4) is 0 Å². The van der Waals surface area contributed by atoms with Gasteiger partial charge in [-0.05, 0) is 37.3 Å². The lowest BCUT2D eigenvalue weighted by atomic mass is 10.1. The molecule has 160 valence electrons. The smallest absolute Gasteiger partial charge is 0.330 e. The van der Waals surface area contributed by atoms with Crippen LogP contribution in [0.5, 0.6) is 5.75 Å². The molecule has 1 aromatic heterocycles. The number of anilines is 2. The fraction of sp³-hybridized carbons (Fsp3) is 0.545. The molecule has 1 heterocycles. The first-order chi connectivity index (χ1) is 13.8. The first-order valence-corrected chi connectivity index (χ1v) is 10.4. The van der Waals surface area contributed by atoms with Crippen molar-refractivity contribution < 1.29 is 4.74 Å². The predicted octanol–water partition coefficient (Wildman–Crippen LogP) is 3.16. The summed E-state index contributed by atoms with van der Waals surface area (Å²) in [7, 11) is 0. The number of hydrogen-bond acceptors (Lipinski definition) is 5. The number of benzene rings is 1. The van der Waals surface area contributed by atoms with Gasteiger partial charge in [-0.25, -0.2) is 4.79 Å². The molecule has 0 aliphatic carbocycles. The van der Waals surface area contributed by atoms with E-state index < -0.39 is 11.2 Å². The minimum absolute atomic E-state index is 0.229. The van der Waals surface area contributed by atoms with Crippen molar-refractivity contribution in [2.75, 3.05) is 30.3 Å². The number of nitrogens with one attached hydrogen (secondary N) is 1. The quantitative estimate of drug-likeness (QED) is 0.602. The van der Waals surface area contributed by atoms with Gasteiger partial charge in [-0.1, -0.05) is 45.4 Å². The molecular formula is C22H34N4O3. The number of para-hydroxylation sites is 1. The van der Waals surface area contributed by atoms with Crippen LogP contribution >= 0.6 is 0 Å². The Morgan fingerprint density at radius 3 is 2.59 bits per heavy atom. The molecule has 0 unspecified atom stereocenters. The first-order valence-electron chi connectivity index (χ1n) is 10.4. The number of rotatable bonds is 11. The molecule has 2 aromatic rings. The van der Waals surface area contributed by atoms with Crippen molar-refractivity contribution in [3.63, 3.8) is 0 Å². The second kappa shape index (κ2) is 10.7. The van der Waals surface area contributed by atoms with Crippen molar-refractivity contribution in [2.45, 2.75) is 53.5 Å². The van der Waals surface area contributed by atoms with E-state index in [2.05, 4.69) is 18.8 Å². The molecule has 0 aliphatic rings. The number of nitrogens with two attached hydrogens (primary N) is 1. The normalized spacial score (nSPS) is 11.1. The second-order valence-electron chi connectivity index (χ2n) is 7.78. The minimum Gasteiger partial charge on any atom is -0.491 e. The summed E-state index contributed by atoms with van der Waals surface area (Å²) in [5.74, 6) is 1.53. The van der Waals surface area contributed by atoms with E-state index in [0.717, 1.165) is 30.6 Å². The van der Waals surface area contributed by atoms with Crippen molar-refractivity contribution in [3.05, 3.63) is 50.7 Å². The highest BCUT2D eigenvalue weighted by Crippen LogP contribution is 2.20. The van der Waals surface area contributed by atoms with Crippen molar-refractivity contribution in [3.8, 4) is 5.75 Å². The van der Waals surface area contributed by atoms with E-state index in [1.165, 1.54) is 4.57 Å². The molecule has 0 saturated heterocycles. The number of nitrogens with zero attached hydrogens (tertiary/aromatic N) is 2. The fourth-order valence-corrected chi connectivity index (χ4v) is 3.15. The summed E-state index contributed by atoms with van der Waals surface area (Å²) in [6.07, 6.45) is 2.65. The van der Waals surface area contributed by atoms with E-state index in [1.807, 2.05) is 43.0 Å². The Hall–Kier alpha value is -2.70. The summed E-state index contributed by atoms with van der Waals surface area (Å²) in [4.78, 5) is 29.2. The molecule has 3 N–H and O–H groups in total. The van der Waals surface area contributed by atoms with Gasteiger partial charge < -0.3 is 15.4 Å². The van der Waals surface area contributed by atoms with Gasteiger partial charge in [-0.2, -0.15) is 0 Å². The minimum atomic E-state index is -0.454. The third kappa shape index (κ3) is 6.14. The van der Waals surface area contributed by atoms with Crippen LogP contribution in [0.2, 0.25) is 0 Å². The molecule has 0 spiro atoms. The molecule has 0 radical (unpaired) electrons. The molecule has 7 heteroatoms. The first kappa shape index (κ1) is 22.6. The zero-order valence-electron chi connectivity index (χ0n) is 18.0. The number of aryl methyl sites for hydroxylation is 1. The molecule has 0 aliphatic heterocycles. The van der Waals surface area contributed by atoms with E-state index in [9.17, 15) is 9.59 Å². The molecule has 7 nitrogen and oxygen atoms in total. The van der Waals surface area contributed by atoms with Crippen LogP contribution in [0.4, 0.5) is 11.5 Å². The number of ether oxygens (including phenoxy) is 1. The SMILES string of the molecule is CCCCn1c(N)c(N(CCOc2ccccc2C)CCC(C)C)c(=O)[nH]c1=O. The van der Waals surface area contributed by atoms with Crippen LogP contribution in [-0.2, 0) is 6.54 Å². The van der Waals surface area contributed by atoms with Crippen LogP contribution in [0, 0.1) is 12.8 Å². The molecule has 0 atom stereocenters. The summed E-state index contributed by atoms with van der Waals surface area (Å²) < 4.78 is 7.39. The van der Waals surface area contributed by atoms with Gasteiger partial charge >= 0.3 is 5.69 Å². The molecule has 0 amide bonds. The van der Waals surface area contributed by atoms with Crippen molar-refractivity contribution in [1.29, 1.82) is 0 Å². The van der Waals surface area contributed by atoms with Crippen molar-refractivity contribution in [2.24, 2.45) is 5.92 Å². The van der Waals surface area contributed by atoms with Crippen LogP contribution < -0.4 is 26.6 Å². The Kier molecular flexibility index (Phi) is 8.36. The summed E-state index contributed by atoms with van der Waals surface area (Å²) in [5.41, 5.74) is 6.82. The van der Waals surface area contributed by atoms with Gasteiger partial charge in [0, 0.05) is 13.1 Å². The summed E-state index contributed by atoms with van der Waals surface area (Å²) in [6, 6.07) is 7.83. The van der Waals surface area contributed by atoms with Gasteiger partial charge in [-0.3, -0.25) is 14.3 Å². The molecule has 1 aromatic carbocycles. The molecule has 2 rings (SSSR count). The molecule has 0 fully saturated rings. The highest BCUT2D eigenvalue weighted by Gasteiger charge is 2.19. The number of aromatic amines is 1. The third-order valence-electron chi connectivity index (χ3n) is 4.95. The largest absolute Gasteiger partial charge is 0.491 e. The topological polar surface area (TPSA) is 93.3 Å². The highest BCUT2D eigenvalue weighted by atomic mass is 16.5. The lowest BCUT2D eigenvalue weighted by Crippen LogP contribution is -2.40. The van der Waals surface area contributed by atoms with Gasteiger partial charge in [-0.15, -0.1) is 0 Å². The maximum Gasteiger partial charge on any atom is 0.330 e. The molecule has 29 heavy (non-hydrogen) atoms. The van der Waals surface area contributed by atoms with Crippen LogP contribution in [0.25, 0.3) is 0 Å². The Balaban J connectivity index is 2.27. The Morgan fingerprint density at radius 1 is 1.21 bits per heavy atom. The van der Waals surface area contributed by atoms with Gasteiger partial charge in [0.1, 0.15) is 23.9 Å². The van der Waals surface area contributed by atoms with E-state index in [0.29, 0.717) is 37.8 Å². The second-order valence-corrected chi connectivity index (χ2v) is 7.78. The highest BCUT2D eigenvalue weighted by molar-refractivity contribution is 5.62. The average molecular weight is 403 g/mol. The zero-order valence-corrected chi connectivity index (χ0v) is 18.0. The van der Waals surface area contributed by atoms with Gasteiger partial charge in [0.25, 0.3) is 5.56 Å². The van der Waals surface area contributed by atoms with E-state index in [4.69, 9.17) is 10.5 Å². The van der Waals surface area contributed by atoms with Gasteiger partial charge in [0.15, 0.2) is 0 Å². The lowest BCUT2D eigenvalue weighted by molar-refractivity contribution is 0.320. The number of H-pyrrole nitrogens is 1. The standard InChI is InChI=1S/C22H34N4O3/c1-5-6-12-26-20(23)19(21(27)24-22(26)28)25(13-11-16(2)3)14-15-29-18-10-8-7-9-17(18)4/h7-10,16H,5-6,11-15,23H2,1-4H3,(H,24,27,28). The van der Waals surface area contributed by atoms with E-state index in [1.54, 1.807) is 0 Å². The number of hydrogen-bond donors (Lipinski definition) is 2.